The average molecular weight is 380 g/mol. The zero-order valence-corrected chi connectivity index (χ0v) is 14.9. The number of amides is 1. The number of nitrogens with one attached hydrogen (secondary N) is 1. The van der Waals surface area contributed by atoms with Gasteiger partial charge in [0.15, 0.2) is 6.61 Å². The van der Waals surface area contributed by atoms with Gasteiger partial charge in [0.2, 0.25) is 0 Å². The summed E-state index contributed by atoms with van der Waals surface area (Å²) in [6, 6.07) is 5.62. The van der Waals surface area contributed by atoms with Gasteiger partial charge in [-0.15, -0.1) is 0 Å². The maximum atomic E-state index is 11.9. The van der Waals surface area contributed by atoms with E-state index in [2.05, 4.69) is 21.2 Å². The molecular weight excluding hydrogens is 358 g/mol. The molecule has 5 heteroatoms. The Hall–Kier alpha value is -1.36. The summed E-state index contributed by atoms with van der Waals surface area (Å²) in [5.41, 5.74) is 1.70. The fourth-order valence-corrected chi connectivity index (χ4v) is 4.47. The van der Waals surface area contributed by atoms with Crippen LogP contribution < -0.4 is 5.32 Å². The van der Waals surface area contributed by atoms with E-state index in [0.717, 1.165) is 28.1 Å². The van der Waals surface area contributed by atoms with Gasteiger partial charge in [0.1, 0.15) is 0 Å². The van der Waals surface area contributed by atoms with Crippen LogP contribution in [0.2, 0.25) is 0 Å². The number of esters is 1. The molecule has 1 aromatic rings. The van der Waals surface area contributed by atoms with Crippen molar-refractivity contribution in [2.24, 2.45) is 17.8 Å². The number of fused-ring (bicyclic) bond motifs is 2. The van der Waals surface area contributed by atoms with Gasteiger partial charge in [0.05, 0.1) is 0 Å². The van der Waals surface area contributed by atoms with Gasteiger partial charge in [-0.25, -0.2) is 0 Å². The Kier molecular flexibility index (Phi) is 5.05. The molecule has 1 amide bonds. The number of hydrogen-bond acceptors (Lipinski definition) is 3. The van der Waals surface area contributed by atoms with Gasteiger partial charge in [-0.3, -0.25) is 9.59 Å². The Morgan fingerprint density at radius 1 is 1.30 bits per heavy atom. The topological polar surface area (TPSA) is 55.4 Å². The largest absolute Gasteiger partial charge is 0.456 e. The lowest BCUT2D eigenvalue weighted by molar-refractivity contribution is -0.148. The Balaban J connectivity index is 1.42. The number of ether oxygens (including phenoxy) is 1. The van der Waals surface area contributed by atoms with E-state index < -0.39 is 0 Å². The molecule has 124 valence electrons. The quantitative estimate of drug-likeness (QED) is 0.784. The van der Waals surface area contributed by atoms with Gasteiger partial charge in [0.25, 0.3) is 5.91 Å². The zero-order chi connectivity index (χ0) is 16.4. The number of halogens is 1. The van der Waals surface area contributed by atoms with Gasteiger partial charge in [-0.2, -0.15) is 0 Å². The molecule has 3 atom stereocenters. The summed E-state index contributed by atoms with van der Waals surface area (Å²) in [7, 11) is 0. The highest BCUT2D eigenvalue weighted by molar-refractivity contribution is 9.10. The van der Waals surface area contributed by atoms with Crippen LogP contribution in [0.15, 0.2) is 22.7 Å². The third kappa shape index (κ3) is 4.14. The van der Waals surface area contributed by atoms with Crippen LogP contribution in [0.1, 0.15) is 37.7 Å². The Bertz CT molecular complexity index is 616. The highest BCUT2D eigenvalue weighted by Gasteiger charge is 2.40. The molecule has 0 radical (unpaired) electrons. The van der Waals surface area contributed by atoms with E-state index in [0.29, 0.717) is 18.3 Å². The Morgan fingerprint density at radius 3 is 2.78 bits per heavy atom. The smallest absolute Gasteiger partial charge is 0.306 e. The van der Waals surface area contributed by atoms with Crippen LogP contribution in [0.5, 0.6) is 0 Å². The Morgan fingerprint density at radius 2 is 2.13 bits per heavy atom. The van der Waals surface area contributed by atoms with Crippen molar-refractivity contribution in [2.45, 2.75) is 39.0 Å². The molecule has 0 aromatic heterocycles. The van der Waals surface area contributed by atoms with Crippen molar-refractivity contribution in [3.8, 4) is 0 Å². The molecule has 2 aliphatic rings. The molecule has 0 aliphatic heterocycles. The second kappa shape index (κ2) is 7.04. The predicted octanol–water partition coefficient (Wildman–Crippen LogP) is 4.07. The fourth-order valence-electron chi connectivity index (χ4n) is 4.00. The van der Waals surface area contributed by atoms with E-state index in [-0.39, 0.29) is 18.5 Å². The number of aryl methyl sites for hydroxylation is 1. The monoisotopic (exact) mass is 379 g/mol. The number of rotatable bonds is 5. The third-order valence-corrected chi connectivity index (χ3v) is 5.63. The van der Waals surface area contributed by atoms with Crippen molar-refractivity contribution in [3.05, 3.63) is 28.2 Å². The number of anilines is 1. The summed E-state index contributed by atoms with van der Waals surface area (Å²) < 4.78 is 6.11. The lowest BCUT2D eigenvalue weighted by atomic mass is 9.86. The third-order valence-electron chi connectivity index (χ3n) is 5.14. The summed E-state index contributed by atoms with van der Waals surface area (Å²) in [5.74, 6) is 1.45. The van der Waals surface area contributed by atoms with Gasteiger partial charge < -0.3 is 10.1 Å². The van der Waals surface area contributed by atoms with Crippen LogP contribution in [-0.2, 0) is 14.3 Å². The molecule has 1 aromatic carbocycles. The lowest BCUT2D eigenvalue weighted by Gasteiger charge is -2.20. The van der Waals surface area contributed by atoms with Gasteiger partial charge in [0, 0.05) is 16.6 Å². The van der Waals surface area contributed by atoms with Crippen LogP contribution >= 0.6 is 15.9 Å². The van der Waals surface area contributed by atoms with E-state index in [1.807, 2.05) is 25.1 Å². The second-order valence-corrected chi connectivity index (χ2v) is 7.72. The maximum absolute atomic E-state index is 11.9. The first-order valence-electron chi connectivity index (χ1n) is 8.23. The highest BCUT2D eigenvalue weighted by Crippen LogP contribution is 2.49. The standard InChI is InChI=1S/C18H22BrNO3/c1-11-6-15(19)4-5-16(11)20-17(21)10-23-18(22)9-14-8-12-2-3-13(14)7-12/h4-6,12-14H,2-3,7-10H2,1H3,(H,20,21)/t12-,13+,14-/m0/s1. The van der Waals surface area contributed by atoms with Crippen LogP contribution in [0, 0.1) is 24.7 Å². The van der Waals surface area contributed by atoms with Crippen LogP contribution in [0.4, 0.5) is 5.69 Å². The molecule has 2 bridgehead atoms. The van der Waals surface area contributed by atoms with Crippen LogP contribution in [0.3, 0.4) is 0 Å². The molecule has 0 unspecified atom stereocenters. The molecule has 3 rings (SSSR count). The van der Waals surface area contributed by atoms with Crippen molar-refractivity contribution in [2.75, 3.05) is 11.9 Å². The fraction of sp³-hybridized carbons (Fsp3) is 0.556. The van der Waals surface area contributed by atoms with Crippen molar-refractivity contribution >= 4 is 33.5 Å². The molecule has 2 fully saturated rings. The summed E-state index contributed by atoms with van der Waals surface area (Å²) in [5, 5.41) is 2.78. The number of hydrogen-bond donors (Lipinski definition) is 1. The van der Waals surface area contributed by atoms with E-state index >= 15 is 0 Å². The Labute approximate surface area is 145 Å². The van der Waals surface area contributed by atoms with Gasteiger partial charge in [-0.05, 0) is 67.7 Å². The van der Waals surface area contributed by atoms with E-state index in [4.69, 9.17) is 4.74 Å². The summed E-state index contributed by atoms with van der Waals surface area (Å²) in [6.45, 7) is 1.71. The molecule has 23 heavy (non-hydrogen) atoms. The first kappa shape index (κ1) is 16.5. The van der Waals surface area contributed by atoms with Crippen molar-refractivity contribution < 1.29 is 14.3 Å². The number of carbonyl (C=O) groups excluding carboxylic acids is 2. The van der Waals surface area contributed by atoms with E-state index in [1.54, 1.807) is 0 Å². The van der Waals surface area contributed by atoms with Crippen molar-refractivity contribution in [3.63, 3.8) is 0 Å². The van der Waals surface area contributed by atoms with E-state index in [9.17, 15) is 9.59 Å². The van der Waals surface area contributed by atoms with Crippen LogP contribution in [0.25, 0.3) is 0 Å². The SMILES string of the molecule is Cc1cc(Br)ccc1NC(=O)COC(=O)C[C@@H]1C[C@H]2CC[C@@H]1C2. The lowest BCUT2D eigenvalue weighted by Crippen LogP contribution is -2.23. The average Bonchev–Trinajstić information content (AvgIpc) is 3.11. The van der Waals surface area contributed by atoms with E-state index in [1.165, 1.54) is 19.3 Å². The molecule has 2 aliphatic carbocycles. The zero-order valence-electron chi connectivity index (χ0n) is 13.3. The second-order valence-electron chi connectivity index (χ2n) is 6.81. The minimum absolute atomic E-state index is 0.213. The minimum atomic E-state index is -0.295. The molecule has 4 nitrogen and oxygen atoms in total. The van der Waals surface area contributed by atoms with Gasteiger partial charge in [-0.1, -0.05) is 22.4 Å². The van der Waals surface area contributed by atoms with Crippen LogP contribution in [-0.4, -0.2) is 18.5 Å². The highest BCUT2D eigenvalue weighted by atomic mass is 79.9. The minimum Gasteiger partial charge on any atom is -0.456 e. The first-order valence-corrected chi connectivity index (χ1v) is 9.02. The summed E-state index contributed by atoms with van der Waals surface area (Å²) >= 11 is 3.39. The molecule has 1 N–H and O–H groups in total. The normalized spacial score (nSPS) is 25.4. The maximum Gasteiger partial charge on any atom is 0.306 e. The predicted molar refractivity (Wildman–Crippen MR) is 92.0 cm³/mol. The molecule has 0 heterocycles. The van der Waals surface area contributed by atoms with Crippen molar-refractivity contribution in [1.29, 1.82) is 0 Å². The van der Waals surface area contributed by atoms with Crippen molar-refractivity contribution in [1.82, 2.24) is 0 Å². The molecule has 2 saturated carbocycles. The first-order chi connectivity index (χ1) is 11.0. The summed E-state index contributed by atoms with van der Waals surface area (Å²) in [6.07, 6.45) is 5.48. The number of carbonyl (C=O) groups is 2. The molecule has 0 spiro atoms. The van der Waals surface area contributed by atoms with Gasteiger partial charge >= 0.3 is 5.97 Å². The molecule has 0 saturated heterocycles. The number of benzene rings is 1. The molecular formula is C18H22BrNO3. The summed E-state index contributed by atoms with van der Waals surface area (Å²) in [4.78, 5) is 23.9.